The number of carboxylic acid groups (broad SMARTS) is 1. The van der Waals surface area contributed by atoms with Crippen LogP contribution in [0.25, 0.3) is 0 Å². The van der Waals surface area contributed by atoms with E-state index in [0.717, 1.165) is 51.4 Å². The van der Waals surface area contributed by atoms with Crippen LogP contribution in [0.15, 0.2) is 36.5 Å². The van der Waals surface area contributed by atoms with Crippen molar-refractivity contribution in [2.24, 2.45) is 0 Å². The van der Waals surface area contributed by atoms with E-state index >= 15 is 0 Å². The summed E-state index contributed by atoms with van der Waals surface area (Å²) in [6.07, 6.45) is 71.0. The van der Waals surface area contributed by atoms with Crippen molar-refractivity contribution in [1.82, 2.24) is 0 Å². The predicted octanol–water partition coefficient (Wildman–Crippen LogP) is 18.9. The van der Waals surface area contributed by atoms with Crippen LogP contribution in [-0.2, 0) is 14.3 Å². The first kappa shape index (κ1) is 57.2. The molecule has 0 aliphatic carbocycles. The molecule has 0 saturated heterocycles. The van der Waals surface area contributed by atoms with Gasteiger partial charge in [0, 0.05) is 12.8 Å². The van der Waals surface area contributed by atoms with E-state index < -0.39 is 5.97 Å². The van der Waals surface area contributed by atoms with Crippen molar-refractivity contribution in [3.63, 3.8) is 0 Å². The Kier molecular flexibility index (Phi) is 50.7. The highest BCUT2D eigenvalue weighted by Crippen LogP contribution is 2.17. The highest BCUT2D eigenvalue weighted by atomic mass is 16.5. The lowest BCUT2D eigenvalue weighted by Crippen LogP contribution is -2.05. The maximum atomic E-state index is 12.0. The van der Waals surface area contributed by atoms with E-state index in [1.165, 1.54) is 225 Å². The quantitative estimate of drug-likeness (QED) is 0.0377. The summed E-state index contributed by atoms with van der Waals surface area (Å²) in [5.41, 5.74) is 0. The molecule has 0 aliphatic rings. The van der Waals surface area contributed by atoms with Gasteiger partial charge in [-0.25, -0.2) is 0 Å². The van der Waals surface area contributed by atoms with Gasteiger partial charge in [0.1, 0.15) is 0 Å². The van der Waals surface area contributed by atoms with E-state index in [9.17, 15) is 9.59 Å². The zero-order valence-electron chi connectivity index (χ0n) is 39.7. The van der Waals surface area contributed by atoms with Crippen LogP contribution in [0.5, 0.6) is 0 Å². The average Bonchev–Trinajstić information content (AvgIpc) is 3.23. The van der Waals surface area contributed by atoms with Gasteiger partial charge < -0.3 is 9.84 Å². The Hall–Kier alpha value is -1.84. The molecule has 1 N–H and O–H groups in total. The summed E-state index contributed by atoms with van der Waals surface area (Å²) in [4.78, 5) is 22.5. The van der Waals surface area contributed by atoms with Crippen LogP contribution in [0.1, 0.15) is 296 Å². The molecule has 0 spiro atoms. The molecule has 0 bridgehead atoms. The molecule has 0 saturated carbocycles. The van der Waals surface area contributed by atoms with E-state index in [2.05, 4.69) is 43.4 Å². The van der Waals surface area contributed by atoms with Crippen molar-refractivity contribution in [1.29, 1.82) is 0 Å². The number of ether oxygens (including phenoxy) is 1. The molecule has 0 fully saturated rings. The minimum Gasteiger partial charge on any atom is -0.481 e. The molecule has 0 rings (SSSR count). The normalized spacial score (nSPS) is 11.9. The van der Waals surface area contributed by atoms with E-state index in [-0.39, 0.29) is 5.97 Å². The fraction of sp³-hybridized carbons (Fsp3) is 0.855. The third-order valence-electron chi connectivity index (χ3n) is 12.1. The average molecular weight is 827 g/mol. The largest absolute Gasteiger partial charge is 0.481 e. The summed E-state index contributed by atoms with van der Waals surface area (Å²) in [6.45, 7) is 2.78. The van der Waals surface area contributed by atoms with Crippen LogP contribution in [0.3, 0.4) is 0 Å². The molecule has 0 atom stereocenters. The highest BCUT2D eigenvalue weighted by Gasteiger charge is 2.03. The van der Waals surface area contributed by atoms with Crippen LogP contribution >= 0.6 is 0 Å². The molecule has 0 heterocycles. The number of hydrogen-bond acceptors (Lipinski definition) is 3. The van der Waals surface area contributed by atoms with Crippen LogP contribution in [0, 0.1) is 0 Å². The van der Waals surface area contributed by atoms with Crippen LogP contribution in [-0.4, -0.2) is 23.7 Å². The third-order valence-corrected chi connectivity index (χ3v) is 12.1. The summed E-state index contributed by atoms with van der Waals surface area (Å²) in [7, 11) is 0. The molecule has 0 aromatic carbocycles. The lowest BCUT2D eigenvalue weighted by Gasteiger charge is -2.06. The molecular formula is C55H102O4. The van der Waals surface area contributed by atoms with Gasteiger partial charge in [0.15, 0.2) is 0 Å². The first-order valence-corrected chi connectivity index (χ1v) is 26.5. The number of carboxylic acids is 1. The molecule has 59 heavy (non-hydrogen) atoms. The fourth-order valence-corrected chi connectivity index (χ4v) is 8.18. The summed E-state index contributed by atoms with van der Waals surface area (Å²) >= 11 is 0. The second-order valence-electron chi connectivity index (χ2n) is 18.0. The second-order valence-corrected chi connectivity index (χ2v) is 18.0. The van der Waals surface area contributed by atoms with Gasteiger partial charge in [0.05, 0.1) is 6.61 Å². The Balaban J connectivity index is 3.16. The molecule has 4 heteroatoms. The summed E-state index contributed by atoms with van der Waals surface area (Å²) < 4.78 is 5.47. The van der Waals surface area contributed by atoms with E-state index in [0.29, 0.717) is 19.4 Å². The highest BCUT2D eigenvalue weighted by molar-refractivity contribution is 5.69. The Morgan fingerprint density at radius 1 is 0.339 bits per heavy atom. The topological polar surface area (TPSA) is 63.6 Å². The summed E-state index contributed by atoms with van der Waals surface area (Å²) in [5.74, 6) is -0.646. The Labute approximate surface area is 369 Å². The van der Waals surface area contributed by atoms with Crippen molar-refractivity contribution < 1.29 is 19.4 Å². The summed E-state index contributed by atoms with van der Waals surface area (Å²) in [6, 6.07) is 0. The number of carbonyl (C=O) groups is 2. The first-order chi connectivity index (χ1) is 29.2. The molecule has 0 unspecified atom stereocenters. The van der Waals surface area contributed by atoms with Crippen LogP contribution < -0.4 is 0 Å². The Morgan fingerprint density at radius 2 is 0.610 bits per heavy atom. The maximum absolute atomic E-state index is 12.0. The lowest BCUT2D eigenvalue weighted by molar-refractivity contribution is -0.144. The van der Waals surface area contributed by atoms with E-state index in [1.54, 1.807) is 0 Å². The Morgan fingerprint density at radius 3 is 0.949 bits per heavy atom. The molecule has 0 radical (unpaired) electrons. The third kappa shape index (κ3) is 54.1. The van der Waals surface area contributed by atoms with E-state index in [1.807, 2.05) is 0 Å². The van der Waals surface area contributed by atoms with Gasteiger partial charge in [-0.3, -0.25) is 9.59 Å². The van der Waals surface area contributed by atoms with Gasteiger partial charge in [-0.15, -0.1) is 0 Å². The van der Waals surface area contributed by atoms with Crippen molar-refractivity contribution in [2.45, 2.75) is 296 Å². The Bertz CT molecular complexity index is 920. The molecule has 4 nitrogen and oxygen atoms in total. The number of aliphatic carboxylic acids is 1. The number of rotatable bonds is 50. The van der Waals surface area contributed by atoms with Crippen molar-refractivity contribution in [2.75, 3.05) is 6.61 Å². The number of unbranched alkanes of at least 4 members (excludes halogenated alkanes) is 38. The van der Waals surface area contributed by atoms with Crippen LogP contribution in [0.2, 0.25) is 0 Å². The summed E-state index contributed by atoms with van der Waals surface area (Å²) in [5, 5.41) is 8.67. The lowest BCUT2D eigenvalue weighted by atomic mass is 10.0. The fourth-order valence-electron chi connectivity index (χ4n) is 8.18. The number of esters is 1. The molecule has 0 amide bonds. The minimum absolute atomic E-state index is 0.00561. The zero-order valence-corrected chi connectivity index (χ0v) is 39.7. The van der Waals surface area contributed by atoms with E-state index in [4.69, 9.17) is 9.84 Å². The molecule has 0 aromatic rings. The monoisotopic (exact) mass is 827 g/mol. The van der Waals surface area contributed by atoms with Gasteiger partial charge in [-0.1, -0.05) is 268 Å². The van der Waals surface area contributed by atoms with Gasteiger partial charge in [0.2, 0.25) is 0 Å². The van der Waals surface area contributed by atoms with Crippen molar-refractivity contribution in [3.8, 4) is 0 Å². The van der Waals surface area contributed by atoms with Gasteiger partial charge in [-0.05, 0) is 51.4 Å². The first-order valence-electron chi connectivity index (χ1n) is 26.5. The van der Waals surface area contributed by atoms with Gasteiger partial charge >= 0.3 is 11.9 Å². The predicted molar refractivity (Wildman–Crippen MR) is 259 cm³/mol. The zero-order chi connectivity index (χ0) is 42.6. The molecule has 0 aliphatic heterocycles. The number of hydrogen-bond donors (Lipinski definition) is 1. The molecular weight excluding hydrogens is 725 g/mol. The molecule has 346 valence electrons. The van der Waals surface area contributed by atoms with Gasteiger partial charge in [0.25, 0.3) is 0 Å². The maximum Gasteiger partial charge on any atom is 0.305 e. The number of allylic oxidation sites excluding steroid dienone is 6. The SMILES string of the molecule is CC/C=C\C/C=C\C/C=C\CCCCCCCC(=O)OCCCCCCCCCCCCCCCCCCCCCCCCCCCCCCCCCCCCC(=O)O. The second kappa shape index (κ2) is 52.3. The number of carbonyl (C=O) groups excluding carboxylic acids is 1. The smallest absolute Gasteiger partial charge is 0.305 e. The minimum atomic E-state index is -0.652. The van der Waals surface area contributed by atoms with Gasteiger partial charge in [-0.2, -0.15) is 0 Å². The standard InChI is InChI=1S/C55H102O4/c1-2-3-4-5-6-7-8-9-30-34-37-40-43-46-49-52-55(58)59-53-50-47-44-41-38-35-32-29-27-25-23-21-19-17-15-13-11-10-12-14-16-18-20-22-24-26-28-31-33-36-39-42-45-48-51-54(56)57/h3-4,6-7,9,30H,2,5,8,10-29,31-53H2,1H3,(H,56,57)/b4-3-,7-6-,30-9-. The van der Waals surface area contributed by atoms with Crippen molar-refractivity contribution >= 4 is 11.9 Å². The van der Waals surface area contributed by atoms with Crippen molar-refractivity contribution in [3.05, 3.63) is 36.5 Å². The molecule has 0 aromatic heterocycles. The van der Waals surface area contributed by atoms with Crippen LogP contribution in [0.4, 0.5) is 0 Å².